The van der Waals surface area contributed by atoms with E-state index in [0.29, 0.717) is 18.8 Å². The highest BCUT2D eigenvalue weighted by atomic mass is 16.6. The second-order valence-corrected chi connectivity index (χ2v) is 3.30. The van der Waals surface area contributed by atoms with Crippen LogP contribution in [0, 0.1) is 0 Å². The molecule has 88 valence electrons. The van der Waals surface area contributed by atoms with Crippen LogP contribution in [0.5, 0.6) is 5.75 Å². The number of aromatic nitrogens is 3. The third kappa shape index (κ3) is 3.60. The fourth-order valence-electron chi connectivity index (χ4n) is 1.26. The summed E-state index contributed by atoms with van der Waals surface area (Å²) in [5.41, 5.74) is 0. The molecular formula is C11H12N4O2. The van der Waals surface area contributed by atoms with E-state index in [0.717, 1.165) is 0 Å². The molecule has 0 radical (unpaired) electrons. The average Bonchev–Trinajstić information content (AvgIpc) is 2.83. The topological polar surface area (TPSA) is 69.0 Å². The molecule has 0 fully saturated rings. The standard InChI is InChI=1S/C11H12N4O2/c16-11(17-10-4-2-1-3-5-10)12-6-8-15-9-7-13-14-15/h1-5,7,9H,6,8H2,(H,12,16). The van der Waals surface area contributed by atoms with E-state index >= 15 is 0 Å². The normalized spacial score (nSPS) is 9.88. The van der Waals surface area contributed by atoms with Crippen molar-refractivity contribution < 1.29 is 9.53 Å². The van der Waals surface area contributed by atoms with Crippen molar-refractivity contribution in [3.05, 3.63) is 42.7 Å². The Bertz CT molecular complexity index is 456. The Labute approximate surface area is 98.2 Å². The number of ether oxygens (including phenoxy) is 1. The molecule has 1 heterocycles. The van der Waals surface area contributed by atoms with E-state index in [1.54, 1.807) is 41.3 Å². The Hall–Kier alpha value is -2.37. The van der Waals surface area contributed by atoms with Gasteiger partial charge in [0.15, 0.2) is 0 Å². The van der Waals surface area contributed by atoms with Gasteiger partial charge in [-0.3, -0.25) is 4.68 Å². The third-order valence-corrected chi connectivity index (χ3v) is 2.04. The Balaban J connectivity index is 1.71. The summed E-state index contributed by atoms with van der Waals surface area (Å²) in [5, 5.41) is 10.0. The maximum atomic E-state index is 11.4. The third-order valence-electron chi connectivity index (χ3n) is 2.04. The molecule has 0 aliphatic heterocycles. The van der Waals surface area contributed by atoms with Crippen LogP contribution < -0.4 is 10.1 Å². The first-order chi connectivity index (χ1) is 8.34. The minimum absolute atomic E-state index is 0.440. The van der Waals surface area contributed by atoms with Gasteiger partial charge in [-0.1, -0.05) is 23.4 Å². The lowest BCUT2D eigenvalue weighted by Crippen LogP contribution is -2.30. The summed E-state index contributed by atoms with van der Waals surface area (Å²) in [6, 6.07) is 8.90. The number of nitrogens with one attached hydrogen (secondary N) is 1. The van der Waals surface area contributed by atoms with E-state index in [-0.39, 0.29) is 0 Å². The van der Waals surface area contributed by atoms with Gasteiger partial charge in [-0.2, -0.15) is 0 Å². The molecule has 6 heteroatoms. The quantitative estimate of drug-likeness (QED) is 0.856. The number of rotatable bonds is 4. The first-order valence-corrected chi connectivity index (χ1v) is 5.19. The number of para-hydroxylation sites is 1. The zero-order chi connectivity index (χ0) is 11.9. The van der Waals surface area contributed by atoms with Crippen LogP contribution in [-0.2, 0) is 6.54 Å². The van der Waals surface area contributed by atoms with Crippen molar-refractivity contribution >= 4 is 6.09 Å². The maximum Gasteiger partial charge on any atom is 0.412 e. The minimum atomic E-state index is -0.476. The molecule has 1 N–H and O–H groups in total. The summed E-state index contributed by atoms with van der Waals surface area (Å²) >= 11 is 0. The van der Waals surface area contributed by atoms with E-state index in [4.69, 9.17) is 4.74 Å². The highest BCUT2D eigenvalue weighted by molar-refractivity contribution is 5.70. The molecule has 1 aromatic carbocycles. The van der Waals surface area contributed by atoms with Gasteiger partial charge in [-0.15, -0.1) is 5.10 Å². The highest BCUT2D eigenvalue weighted by Crippen LogP contribution is 2.07. The molecule has 17 heavy (non-hydrogen) atoms. The monoisotopic (exact) mass is 232 g/mol. The molecule has 0 aliphatic rings. The molecule has 2 rings (SSSR count). The van der Waals surface area contributed by atoms with Gasteiger partial charge in [0.2, 0.25) is 0 Å². The first kappa shape index (κ1) is 11.1. The lowest BCUT2D eigenvalue weighted by atomic mass is 10.3. The zero-order valence-corrected chi connectivity index (χ0v) is 9.11. The molecule has 0 aliphatic carbocycles. The van der Waals surface area contributed by atoms with Crippen LogP contribution in [0.1, 0.15) is 0 Å². The van der Waals surface area contributed by atoms with Gasteiger partial charge in [0.1, 0.15) is 5.75 Å². The highest BCUT2D eigenvalue weighted by Gasteiger charge is 2.02. The Morgan fingerprint density at radius 2 is 2.18 bits per heavy atom. The van der Waals surface area contributed by atoms with E-state index < -0.39 is 6.09 Å². The predicted molar refractivity (Wildman–Crippen MR) is 60.5 cm³/mol. The van der Waals surface area contributed by atoms with Crippen LogP contribution >= 0.6 is 0 Å². The summed E-state index contributed by atoms with van der Waals surface area (Å²) < 4.78 is 6.67. The van der Waals surface area contributed by atoms with Gasteiger partial charge in [0.25, 0.3) is 0 Å². The lowest BCUT2D eigenvalue weighted by molar-refractivity contribution is 0.200. The molecule has 0 spiro atoms. The molecule has 0 atom stereocenters. The van der Waals surface area contributed by atoms with E-state index in [2.05, 4.69) is 15.6 Å². The molecule has 1 amide bonds. The molecule has 0 saturated heterocycles. The van der Waals surface area contributed by atoms with Gasteiger partial charge in [-0.25, -0.2) is 4.79 Å². The number of amides is 1. The van der Waals surface area contributed by atoms with Crippen molar-refractivity contribution in [3.8, 4) is 5.75 Å². The summed E-state index contributed by atoms with van der Waals surface area (Å²) in [5.74, 6) is 0.519. The molecule has 1 aromatic heterocycles. The van der Waals surface area contributed by atoms with E-state index in [1.165, 1.54) is 0 Å². The predicted octanol–water partition coefficient (Wildman–Crippen LogP) is 1.07. The summed E-state index contributed by atoms with van der Waals surface area (Å²) in [7, 11) is 0. The second kappa shape index (κ2) is 5.64. The van der Waals surface area contributed by atoms with Crippen molar-refractivity contribution in [2.75, 3.05) is 6.54 Å². The first-order valence-electron chi connectivity index (χ1n) is 5.19. The molecule has 0 saturated carbocycles. The van der Waals surface area contributed by atoms with Crippen LogP contribution in [-0.4, -0.2) is 27.6 Å². The molecule has 0 unspecified atom stereocenters. The molecule has 6 nitrogen and oxygen atoms in total. The largest absolute Gasteiger partial charge is 0.412 e. The average molecular weight is 232 g/mol. The van der Waals surface area contributed by atoms with Gasteiger partial charge in [0.05, 0.1) is 12.7 Å². The number of benzene rings is 1. The number of hydrogen-bond donors (Lipinski definition) is 1. The summed E-state index contributed by atoms with van der Waals surface area (Å²) in [4.78, 5) is 11.4. The van der Waals surface area contributed by atoms with Crippen molar-refractivity contribution in [3.63, 3.8) is 0 Å². The van der Waals surface area contributed by atoms with Crippen LogP contribution in [0.4, 0.5) is 4.79 Å². The van der Waals surface area contributed by atoms with Crippen LogP contribution in [0.2, 0.25) is 0 Å². The van der Waals surface area contributed by atoms with Crippen molar-refractivity contribution in [2.45, 2.75) is 6.54 Å². The smallest absolute Gasteiger partial charge is 0.410 e. The Morgan fingerprint density at radius 1 is 1.35 bits per heavy atom. The van der Waals surface area contributed by atoms with Crippen molar-refractivity contribution in [1.29, 1.82) is 0 Å². The SMILES string of the molecule is O=C(NCCn1ccnn1)Oc1ccccc1. The Morgan fingerprint density at radius 3 is 2.88 bits per heavy atom. The fourth-order valence-corrected chi connectivity index (χ4v) is 1.26. The van der Waals surface area contributed by atoms with Crippen LogP contribution in [0.15, 0.2) is 42.7 Å². The molecule has 2 aromatic rings. The number of carbonyl (C=O) groups is 1. The maximum absolute atomic E-state index is 11.4. The van der Waals surface area contributed by atoms with Gasteiger partial charge < -0.3 is 10.1 Å². The molecule has 0 bridgehead atoms. The summed E-state index contributed by atoms with van der Waals surface area (Å²) in [6.07, 6.45) is 2.84. The summed E-state index contributed by atoms with van der Waals surface area (Å²) in [6.45, 7) is 0.999. The number of hydrogen-bond acceptors (Lipinski definition) is 4. The zero-order valence-electron chi connectivity index (χ0n) is 9.11. The van der Waals surface area contributed by atoms with Crippen molar-refractivity contribution in [2.24, 2.45) is 0 Å². The Kier molecular flexibility index (Phi) is 3.69. The number of carbonyl (C=O) groups excluding carboxylic acids is 1. The van der Waals surface area contributed by atoms with E-state index in [9.17, 15) is 4.79 Å². The fraction of sp³-hybridized carbons (Fsp3) is 0.182. The molecular weight excluding hydrogens is 220 g/mol. The van der Waals surface area contributed by atoms with Crippen LogP contribution in [0.25, 0.3) is 0 Å². The second-order valence-electron chi connectivity index (χ2n) is 3.30. The van der Waals surface area contributed by atoms with E-state index in [1.807, 2.05) is 6.07 Å². The lowest BCUT2D eigenvalue weighted by Gasteiger charge is -2.05. The minimum Gasteiger partial charge on any atom is -0.410 e. The van der Waals surface area contributed by atoms with Gasteiger partial charge in [-0.05, 0) is 12.1 Å². The van der Waals surface area contributed by atoms with Crippen molar-refractivity contribution in [1.82, 2.24) is 20.3 Å². The van der Waals surface area contributed by atoms with Gasteiger partial charge in [0, 0.05) is 12.7 Å². The van der Waals surface area contributed by atoms with Crippen LogP contribution in [0.3, 0.4) is 0 Å². The van der Waals surface area contributed by atoms with Gasteiger partial charge >= 0.3 is 6.09 Å². The number of nitrogens with zero attached hydrogens (tertiary/aromatic N) is 3.